The van der Waals surface area contributed by atoms with E-state index in [1.807, 2.05) is 0 Å². The largest absolute Gasteiger partial charge is 0.508 e. The Bertz CT molecular complexity index is 641. The molecule has 3 N–H and O–H groups in total. The molecule has 5 heteroatoms. The zero-order valence-electron chi connectivity index (χ0n) is 13.0. The monoisotopic (exact) mass is 302 g/mol. The van der Waals surface area contributed by atoms with Crippen molar-refractivity contribution in [3.05, 3.63) is 23.8 Å². The van der Waals surface area contributed by atoms with Gasteiger partial charge in [0.1, 0.15) is 11.5 Å². The van der Waals surface area contributed by atoms with Crippen LogP contribution in [0, 0.1) is 17.3 Å². The third kappa shape index (κ3) is 2.45. The minimum atomic E-state index is -0.0532. The molecule has 2 aliphatic rings. The molecule has 0 aliphatic heterocycles. The fourth-order valence-electron chi connectivity index (χ4n) is 3.95. The molecule has 2 fully saturated rings. The van der Waals surface area contributed by atoms with Crippen molar-refractivity contribution in [3.8, 4) is 11.5 Å². The summed E-state index contributed by atoms with van der Waals surface area (Å²) in [4.78, 5) is 12.3. The SMILES string of the molecule is C/C(=N/NC(=O)[C@H]1[C@@H]2CCCC[C@@]21C)c1ccc(O)cc1O. The van der Waals surface area contributed by atoms with Crippen LogP contribution in [0.15, 0.2) is 23.3 Å². The number of phenolic OH excluding ortho intramolecular Hbond substituents is 2. The number of nitrogens with zero attached hydrogens (tertiary/aromatic N) is 1. The number of nitrogens with one attached hydrogen (secondary N) is 1. The Hall–Kier alpha value is -2.04. The lowest BCUT2D eigenvalue weighted by Crippen LogP contribution is -2.23. The zero-order valence-corrected chi connectivity index (χ0v) is 13.0. The number of hydrogen-bond donors (Lipinski definition) is 3. The van der Waals surface area contributed by atoms with Crippen molar-refractivity contribution in [2.45, 2.75) is 39.5 Å². The molecule has 0 saturated heterocycles. The lowest BCUT2D eigenvalue weighted by atomic mass is 9.90. The van der Waals surface area contributed by atoms with Gasteiger partial charge in [-0.05, 0) is 43.2 Å². The van der Waals surface area contributed by atoms with Crippen molar-refractivity contribution in [2.24, 2.45) is 22.4 Å². The van der Waals surface area contributed by atoms with Gasteiger partial charge < -0.3 is 10.2 Å². The Morgan fingerprint density at radius 2 is 2.14 bits per heavy atom. The van der Waals surface area contributed by atoms with Crippen molar-refractivity contribution >= 4 is 11.6 Å². The van der Waals surface area contributed by atoms with Gasteiger partial charge in [0.05, 0.1) is 5.71 Å². The number of rotatable bonds is 3. The van der Waals surface area contributed by atoms with E-state index in [-0.39, 0.29) is 28.7 Å². The Kier molecular flexibility index (Phi) is 3.59. The minimum absolute atomic E-state index is 0.00642. The molecule has 1 aromatic rings. The molecule has 0 unspecified atom stereocenters. The number of phenols is 2. The van der Waals surface area contributed by atoms with E-state index in [0.717, 1.165) is 12.8 Å². The topological polar surface area (TPSA) is 81.9 Å². The average molecular weight is 302 g/mol. The number of aromatic hydroxyl groups is 2. The maximum absolute atomic E-state index is 12.3. The molecule has 3 atom stereocenters. The van der Waals surface area contributed by atoms with Gasteiger partial charge in [-0.2, -0.15) is 5.10 Å². The Morgan fingerprint density at radius 1 is 1.36 bits per heavy atom. The second-order valence-electron chi connectivity index (χ2n) is 6.71. The van der Waals surface area contributed by atoms with Crippen LogP contribution in [0.25, 0.3) is 0 Å². The van der Waals surface area contributed by atoms with Crippen LogP contribution < -0.4 is 5.43 Å². The predicted octanol–water partition coefficient (Wildman–Crippen LogP) is 2.76. The van der Waals surface area contributed by atoms with Crippen LogP contribution in [-0.2, 0) is 4.79 Å². The normalized spacial score (nSPS) is 30.5. The number of carbonyl (C=O) groups excluding carboxylic acids is 1. The molecule has 1 aromatic carbocycles. The van der Waals surface area contributed by atoms with E-state index >= 15 is 0 Å². The third-order valence-electron chi connectivity index (χ3n) is 5.32. The van der Waals surface area contributed by atoms with Gasteiger partial charge in [-0.25, -0.2) is 5.43 Å². The van der Waals surface area contributed by atoms with Gasteiger partial charge in [-0.3, -0.25) is 4.79 Å². The number of amides is 1. The summed E-state index contributed by atoms with van der Waals surface area (Å²) < 4.78 is 0. The highest BCUT2D eigenvalue weighted by atomic mass is 16.3. The van der Waals surface area contributed by atoms with E-state index in [2.05, 4.69) is 17.5 Å². The van der Waals surface area contributed by atoms with E-state index in [1.54, 1.807) is 13.0 Å². The first kappa shape index (κ1) is 14.9. The lowest BCUT2D eigenvalue weighted by molar-refractivity contribution is -0.123. The number of benzene rings is 1. The van der Waals surface area contributed by atoms with Gasteiger partial charge in [-0.15, -0.1) is 0 Å². The highest BCUT2D eigenvalue weighted by Gasteiger charge is 2.64. The molecule has 3 rings (SSSR count). The summed E-state index contributed by atoms with van der Waals surface area (Å²) in [5.41, 5.74) is 3.81. The molecule has 0 aromatic heterocycles. The van der Waals surface area contributed by atoms with E-state index in [4.69, 9.17) is 0 Å². The molecule has 0 heterocycles. The molecule has 22 heavy (non-hydrogen) atoms. The third-order valence-corrected chi connectivity index (χ3v) is 5.32. The smallest absolute Gasteiger partial charge is 0.244 e. The van der Waals surface area contributed by atoms with Gasteiger partial charge >= 0.3 is 0 Å². The Morgan fingerprint density at radius 3 is 2.77 bits per heavy atom. The van der Waals surface area contributed by atoms with E-state index in [0.29, 0.717) is 17.2 Å². The van der Waals surface area contributed by atoms with Crippen LogP contribution in [0.1, 0.15) is 45.1 Å². The van der Waals surface area contributed by atoms with Gasteiger partial charge in [0.2, 0.25) is 5.91 Å². The van der Waals surface area contributed by atoms with Crippen LogP contribution >= 0.6 is 0 Å². The number of fused-ring (bicyclic) bond motifs is 1. The van der Waals surface area contributed by atoms with Gasteiger partial charge in [0.25, 0.3) is 0 Å². The lowest BCUT2D eigenvalue weighted by Gasteiger charge is -2.15. The maximum atomic E-state index is 12.3. The summed E-state index contributed by atoms with van der Waals surface area (Å²) in [6.07, 6.45) is 4.68. The summed E-state index contributed by atoms with van der Waals surface area (Å²) in [7, 11) is 0. The van der Waals surface area contributed by atoms with Crippen LogP contribution in [0.2, 0.25) is 0 Å². The number of hydrazone groups is 1. The number of carbonyl (C=O) groups is 1. The Balaban J connectivity index is 1.67. The molecular formula is C17H22N2O3. The molecule has 118 valence electrons. The fourth-order valence-corrected chi connectivity index (χ4v) is 3.95. The van der Waals surface area contributed by atoms with E-state index in [1.165, 1.54) is 25.0 Å². The van der Waals surface area contributed by atoms with Gasteiger partial charge in [-0.1, -0.05) is 19.8 Å². The second-order valence-corrected chi connectivity index (χ2v) is 6.71. The second kappa shape index (κ2) is 5.30. The van der Waals surface area contributed by atoms with Crippen LogP contribution in [-0.4, -0.2) is 21.8 Å². The molecule has 0 bridgehead atoms. The highest BCUT2D eigenvalue weighted by molar-refractivity contribution is 6.01. The quantitative estimate of drug-likeness (QED) is 0.593. The first-order chi connectivity index (χ1) is 10.4. The number of hydrogen-bond acceptors (Lipinski definition) is 4. The molecule has 2 saturated carbocycles. The molecule has 1 amide bonds. The zero-order chi connectivity index (χ0) is 15.9. The molecule has 0 radical (unpaired) electrons. The van der Waals surface area contributed by atoms with E-state index < -0.39 is 0 Å². The minimum Gasteiger partial charge on any atom is -0.508 e. The van der Waals surface area contributed by atoms with E-state index in [9.17, 15) is 15.0 Å². The summed E-state index contributed by atoms with van der Waals surface area (Å²) in [5, 5.41) is 23.2. The first-order valence-corrected chi connectivity index (χ1v) is 7.80. The predicted molar refractivity (Wildman–Crippen MR) is 83.7 cm³/mol. The van der Waals surface area contributed by atoms with Crippen molar-refractivity contribution in [1.29, 1.82) is 0 Å². The van der Waals surface area contributed by atoms with Crippen LogP contribution in [0.3, 0.4) is 0 Å². The van der Waals surface area contributed by atoms with Crippen molar-refractivity contribution in [1.82, 2.24) is 5.43 Å². The van der Waals surface area contributed by atoms with Crippen molar-refractivity contribution in [2.75, 3.05) is 0 Å². The molecule has 0 spiro atoms. The van der Waals surface area contributed by atoms with Crippen LogP contribution in [0.4, 0.5) is 0 Å². The molecule has 2 aliphatic carbocycles. The average Bonchev–Trinajstić information content (AvgIpc) is 3.10. The summed E-state index contributed by atoms with van der Waals surface area (Å²) in [5.74, 6) is 0.487. The summed E-state index contributed by atoms with van der Waals surface area (Å²) in [6.45, 7) is 3.91. The maximum Gasteiger partial charge on any atom is 0.244 e. The summed E-state index contributed by atoms with van der Waals surface area (Å²) >= 11 is 0. The molecule has 5 nitrogen and oxygen atoms in total. The molecular weight excluding hydrogens is 280 g/mol. The fraction of sp³-hybridized carbons (Fsp3) is 0.529. The van der Waals surface area contributed by atoms with Crippen LogP contribution in [0.5, 0.6) is 11.5 Å². The van der Waals surface area contributed by atoms with Gasteiger partial charge in [0.15, 0.2) is 0 Å². The van der Waals surface area contributed by atoms with Gasteiger partial charge in [0, 0.05) is 17.5 Å². The van der Waals surface area contributed by atoms with Crippen molar-refractivity contribution < 1.29 is 15.0 Å². The standard InChI is InChI=1S/C17H22N2O3/c1-10(12-7-6-11(20)9-14(12)21)18-19-16(22)15-13-5-3-4-8-17(13,15)2/h6-7,9,13,15,20-21H,3-5,8H2,1-2H3,(H,19,22)/b18-10-/t13-,15+,17-/m0/s1. The summed E-state index contributed by atoms with van der Waals surface area (Å²) in [6, 6.07) is 4.31. The van der Waals surface area contributed by atoms with Crippen molar-refractivity contribution in [3.63, 3.8) is 0 Å². The Labute approximate surface area is 130 Å². The highest BCUT2D eigenvalue weighted by Crippen LogP contribution is 2.66. The first-order valence-electron chi connectivity index (χ1n) is 7.80.